The molecule has 0 aliphatic carbocycles. The molecule has 2 N–H and O–H groups in total. The Labute approximate surface area is 126 Å². The third-order valence-electron chi connectivity index (χ3n) is 4.38. The molecule has 0 bridgehead atoms. The van der Waals surface area contributed by atoms with Crippen molar-refractivity contribution in [1.82, 2.24) is 15.5 Å². The summed E-state index contributed by atoms with van der Waals surface area (Å²) in [4.78, 5) is 2.67. The topological polar surface area (TPSA) is 27.3 Å². The molecule has 1 fully saturated rings. The number of likely N-dealkylation sites (tertiary alicyclic amines) is 1. The minimum Gasteiger partial charge on any atom is -0.318 e. The summed E-state index contributed by atoms with van der Waals surface area (Å²) in [5, 5.41) is 7.10. The minimum absolute atomic E-state index is 0.460. The highest BCUT2D eigenvalue weighted by Crippen LogP contribution is 2.20. The molecule has 2 unspecified atom stereocenters. The van der Waals surface area contributed by atoms with E-state index < -0.39 is 0 Å². The highest BCUT2D eigenvalue weighted by atomic mass is 15.2. The minimum atomic E-state index is 0.460. The van der Waals surface area contributed by atoms with Crippen LogP contribution in [0.15, 0.2) is 0 Å². The van der Waals surface area contributed by atoms with E-state index in [2.05, 4.69) is 50.3 Å². The van der Waals surface area contributed by atoms with Gasteiger partial charge in [-0.3, -0.25) is 4.90 Å². The fourth-order valence-corrected chi connectivity index (χ4v) is 3.08. The first-order valence-electron chi connectivity index (χ1n) is 8.54. The van der Waals surface area contributed by atoms with Crippen LogP contribution in [0.25, 0.3) is 0 Å². The molecule has 3 nitrogen and oxygen atoms in total. The van der Waals surface area contributed by atoms with Crippen LogP contribution in [0.3, 0.4) is 0 Å². The van der Waals surface area contributed by atoms with Gasteiger partial charge >= 0.3 is 0 Å². The van der Waals surface area contributed by atoms with Gasteiger partial charge in [0.05, 0.1) is 0 Å². The lowest BCUT2D eigenvalue weighted by Crippen LogP contribution is -2.50. The molecule has 0 aromatic carbocycles. The highest BCUT2D eigenvalue weighted by Gasteiger charge is 2.21. The van der Waals surface area contributed by atoms with Crippen molar-refractivity contribution in [2.45, 2.75) is 71.9 Å². The molecule has 0 radical (unpaired) electrons. The van der Waals surface area contributed by atoms with E-state index in [4.69, 9.17) is 0 Å². The summed E-state index contributed by atoms with van der Waals surface area (Å²) in [6.45, 7) is 14.1. The van der Waals surface area contributed by atoms with Gasteiger partial charge < -0.3 is 10.6 Å². The van der Waals surface area contributed by atoms with Crippen LogP contribution in [-0.4, -0.2) is 50.2 Å². The fraction of sp³-hybridized carbons (Fsp3) is 1.00. The molecular weight excluding hydrogens is 246 g/mol. The lowest BCUT2D eigenvalue weighted by molar-refractivity contribution is 0.143. The Hall–Kier alpha value is -0.120. The summed E-state index contributed by atoms with van der Waals surface area (Å²) in [6.07, 6.45) is 6.73. The normalized spacial score (nSPS) is 22.9. The average molecular weight is 284 g/mol. The van der Waals surface area contributed by atoms with Crippen LogP contribution in [0.2, 0.25) is 0 Å². The van der Waals surface area contributed by atoms with Crippen LogP contribution in [0.4, 0.5) is 0 Å². The van der Waals surface area contributed by atoms with Gasteiger partial charge in [0.2, 0.25) is 0 Å². The van der Waals surface area contributed by atoms with Crippen molar-refractivity contribution >= 4 is 0 Å². The first-order chi connectivity index (χ1) is 9.42. The van der Waals surface area contributed by atoms with E-state index in [0.29, 0.717) is 11.5 Å². The number of hydrogen-bond acceptors (Lipinski definition) is 3. The molecule has 1 heterocycles. The second-order valence-corrected chi connectivity index (χ2v) is 7.71. The van der Waals surface area contributed by atoms with E-state index in [-0.39, 0.29) is 0 Å². The monoisotopic (exact) mass is 283 g/mol. The Morgan fingerprint density at radius 3 is 2.60 bits per heavy atom. The van der Waals surface area contributed by atoms with Crippen LogP contribution in [-0.2, 0) is 0 Å². The smallest absolute Gasteiger partial charge is 0.0320 e. The summed E-state index contributed by atoms with van der Waals surface area (Å²) in [5.74, 6) is 0. The largest absolute Gasteiger partial charge is 0.318 e. The van der Waals surface area contributed by atoms with Crippen molar-refractivity contribution in [3.05, 3.63) is 0 Å². The number of piperidine rings is 1. The van der Waals surface area contributed by atoms with Crippen molar-refractivity contribution in [2.75, 3.05) is 33.2 Å². The van der Waals surface area contributed by atoms with E-state index in [1.54, 1.807) is 0 Å². The molecule has 1 saturated heterocycles. The molecule has 1 aliphatic heterocycles. The van der Waals surface area contributed by atoms with Crippen LogP contribution in [0, 0.1) is 5.41 Å². The fourth-order valence-electron chi connectivity index (χ4n) is 3.08. The first-order valence-corrected chi connectivity index (χ1v) is 8.54. The molecule has 2 atom stereocenters. The second-order valence-electron chi connectivity index (χ2n) is 7.71. The Bertz CT molecular complexity index is 247. The number of likely N-dealkylation sites (N-methyl/N-ethyl adjacent to an activating group) is 1. The van der Waals surface area contributed by atoms with Crippen LogP contribution in [0.1, 0.15) is 59.8 Å². The third kappa shape index (κ3) is 7.61. The lowest BCUT2D eigenvalue weighted by atomic mass is 9.90. The van der Waals surface area contributed by atoms with Crippen molar-refractivity contribution in [3.63, 3.8) is 0 Å². The zero-order valence-electron chi connectivity index (χ0n) is 14.5. The van der Waals surface area contributed by atoms with E-state index in [1.807, 2.05) is 0 Å². The number of nitrogens with one attached hydrogen (secondary N) is 2. The molecule has 0 saturated carbocycles. The number of hydrogen-bond donors (Lipinski definition) is 2. The maximum atomic E-state index is 3.76. The SMILES string of the molecule is CNCC(CN1CCCCC1C)NCCCC(C)(C)C. The van der Waals surface area contributed by atoms with Gasteiger partial charge in [0.15, 0.2) is 0 Å². The highest BCUT2D eigenvalue weighted by molar-refractivity contribution is 4.80. The molecule has 120 valence electrons. The van der Waals surface area contributed by atoms with E-state index in [9.17, 15) is 0 Å². The lowest BCUT2D eigenvalue weighted by Gasteiger charge is -2.36. The maximum Gasteiger partial charge on any atom is 0.0320 e. The Kier molecular flexibility index (Phi) is 8.08. The third-order valence-corrected chi connectivity index (χ3v) is 4.38. The van der Waals surface area contributed by atoms with Gasteiger partial charge in [-0.15, -0.1) is 0 Å². The van der Waals surface area contributed by atoms with Crippen molar-refractivity contribution in [2.24, 2.45) is 5.41 Å². The summed E-state index contributed by atoms with van der Waals surface area (Å²) >= 11 is 0. The summed E-state index contributed by atoms with van der Waals surface area (Å²) in [6, 6.07) is 1.35. The van der Waals surface area contributed by atoms with Crippen LogP contribution in [0.5, 0.6) is 0 Å². The predicted octanol–water partition coefficient (Wildman–Crippen LogP) is 2.86. The maximum absolute atomic E-state index is 3.76. The Morgan fingerprint density at radius 2 is 2.00 bits per heavy atom. The molecule has 0 aromatic rings. The molecule has 0 spiro atoms. The predicted molar refractivity (Wildman–Crippen MR) is 89.3 cm³/mol. The van der Waals surface area contributed by atoms with Crippen LogP contribution < -0.4 is 10.6 Å². The molecule has 20 heavy (non-hydrogen) atoms. The molecule has 0 aromatic heterocycles. The van der Waals surface area contributed by atoms with Gasteiger partial charge in [0.1, 0.15) is 0 Å². The molecule has 0 amide bonds. The summed E-state index contributed by atoms with van der Waals surface area (Å²) in [5.41, 5.74) is 0.460. The molecular formula is C17H37N3. The molecule has 1 rings (SSSR count). The average Bonchev–Trinajstić information content (AvgIpc) is 2.36. The van der Waals surface area contributed by atoms with Crippen molar-refractivity contribution in [3.8, 4) is 0 Å². The van der Waals surface area contributed by atoms with Gasteiger partial charge in [-0.2, -0.15) is 0 Å². The quantitative estimate of drug-likeness (QED) is 0.671. The van der Waals surface area contributed by atoms with Crippen LogP contribution >= 0.6 is 0 Å². The molecule has 1 aliphatic rings. The number of rotatable bonds is 8. The zero-order valence-corrected chi connectivity index (χ0v) is 14.5. The Balaban J connectivity index is 2.28. The van der Waals surface area contributed by atoms with Gasteiger partial charge in [-0.25, -0.2) is 0 Å². The first kappa shape index (κ1) is 17.9. The zero-order chi connectivity index (χ0) is 15.0. The summed E-state index contributed by atoms with van der Waals surface area (Å²) in [7, 11) is 2.06. The second kappa shape index (κ2) is 9.01. The summed E-state index contributed by atoms with van der Waals surface area (Å²) < 4.78 is 0. The van der Waals surface area contributed by atoms with Crippen molar-refractivity contribution in [1.29, 1.82) is 0 Å². The van der Waals surface area contributed by atoms with E-state index in [0.717, 1.165) is 19.1 Å². The van der Waals surface area contributed by atoms with Crippen molar-refractivity contribution < 1.29 is 0 Å². The van der Waals surface area contributed by atoms with Gasteiger partial charge in [-0.1, -0.05) is 27.2 Å². The number of nitrogens with zero attached hydrogens (tertiary/aromatic N) is 1. The van der Waals surface area contributed by atoms with Gasteiger partial charge in [0, 0.05) is 25.2 Å². The standard InChI is InChI=1S/C17H37N3/c1-15-9-6-7-12-20(15)14-16(13-18-5)19-11-8-10-17(2,3)4/h15-16,18-19H,6-14H2,1-5H3. The van der Waals surface area contributed by atoms with E-state index >= 15 is 0 Å². The van der Waals surface area contributed by atoms with Gasteiger partial charge in [0.25, 0.3) is 0 Å². The van der Waals surface area contributed by atoms with Gasteiger partial charge in [-0.05, 0) is 58.2 Å². The molecule has 3 heteroatoms. The Morgan fingerprint density at radius 1 is 1.25 bits per heavy atom. The van der Waals surface area contributed by atoms with E-state index in [1.165, 1.54) is 45.2 Å².